The Morgan fingerprint density at radius 2 is 1.82 bits per heavy atom. The van der Waals surface area contributed by atoms with Crippen molar-refractivity contribution in [2.45, 2.75) is 38.7 Å². The molecule has 1 N–H and O–H groups in total. The van der Waals surface area contributed by atoms with Crippen molar-refractivity contribution in [3.05, 3.63) is 29.6 Å². The van der Waals surface area contributed by atoms with Gasteiger partial charge in [0.05, 0.1) is 11.8 Å². The minimum Gasteiger partial charge on any atom is -0.389 e. The van der Waals surface area contributed by atoms with E-state index in [9.17, 15) is 9.50 Å². The molecule has 3 heteroatoms. The van der Waals surface area contributed by atoms with Gasteiger partial charge in [0, 0.05) is 13.1 Å². The molecule has 0 spiro atoms. The Bertz CT molecular complexity index is 370. The fourth-order valence-corrected chi connectivity index (χ4v) is 2.35. The van der Waals surface area contributed by atoms with Crippen molar-refractivity contribution < 1.29 is 9.50 Å². The van der Waals surface area contributed by atoms with Gasteiger partial charge in [-0.1, -0.05) is 18.9 Å². The van der Waals surface area contributed by atoms with Crippen molar-refractivity contribution in [2.24, 2.45) is 0 Å². The standard InChI is InChI=1S/C14H20FNO/c1-11(17)12-6-7-14(13(15)10-12)16-8-4-2-3-5-9-16/h6-7,10-11,17H,2-5,8-9H2,1H3/t11-/m0/s1. The van der Waals surface area contributed by atoms with E-state index in [1.54, 1.807) is 13.0 Å². The van der Waals surface area contributed by atoms with E-state index in [4.69, 9.17) is 0 Å². The summed E-state index contributed by atoms with van der Waals surface area (Å²) in [6, 6.07) is 5.06. The monoisotopic (exact) mass is 237 g/mol. The van der Waals surface area contributed by atoms with Crippen LogP contribution in [-0.2, 0) is 0 Å². The van der Waals surface area contributed by atoms with Crippen LogP contribution in [0.5, 0.6) is 0 Å². The summed E-state index contributed by atoms with van der Waals surface area (Å²) in [7, 11) is 0. The van der Waals surface area contributed by atoms with Gasteiger partial charge in [0.15, 0.2) is 0 Å². The quantitative estimate of drug-likeness (QED) is 0.853. The normalized spacial score (nSPS) is 18.9. The number of anilines is 1. The largest absolute Gasteiger partial charge is 0.389 e. The molecular formula is C14H20FNO. The zero-order chi connectivity index (χ0) is 12.3. The summed E-state index contributed by atoms with van der Waals surface area (Å²) in [4.78, 5) is 2.12. The third-order valence-electron chi connectivity index (χ3n) is 3.40. The molecule has 0 radical (unpaired) electrons. The zero-order valence-corrected chi connectivity index (χ0v) is 10.3. The average molecular weight is 237 g/mol. The number of aliphatic hydroxyl groups is 1. The highest BCUT2D eigenvalue weighted by atomic mass is 19.1. The van der Waals surface area contributed by atoms with Gasteiger partial charge >= 0.3 is 0 Å². The van der Waals surface area contributed by atoms with E-state index in [1.165, 1.54) is 18.9 Å². The van der Waals surface area contributed by atoms with Gasteiger partial charge in [-0.2, -0.15) is 0 Å². The predicted molar refractivity (Wildman–Crippen MR) is 67.7 cm³/mol. The van der Waals surface area contributed by atoms with Crippen molar-refractivity contribution in [2.75, 3.05) is 18.0 Å². The Kier molecular flexibility index (Phi) is 4.00. The van der Waals surface area contributed by atoms with Gasteiger partial charge in [-0.05, 0) is 37.5 Å². The van der Waals surface area contributed by atoms with E-state index < -0.39 is 6.10 Å². The molecule has 17 heavy (non-hydrogen) atoms. The Morgan fingerprint density at radius 3 is 2.35 bits per heavy atom. The molecule has 1 heterocycles. The molecule has 1 aliphatic rings. The first-order valence-corrected chi connectivity index (χ1v) is 6.41. The minimum atomic E-state index is -0.609. The minimum absolute atomic E-state index is 0.217. The lowest BCUT2D eigenvalue weighted by atomic mass is 10.1. The molecule has 1 aliphatic heterocycles. The average Bonchev–Trinajstić information content (AvgIpc) is 2.57. The van der Waals surface area contributed by atoms with Crippen LogP contribution in [0.2, 0.25) is 0 Å². The van der Waals surface area contributed by atoms with Crippen LogP contribution >= 0.6 is 0 Å². The molecule has 2 rings (SSSR count). The molecule has 1 aromatic rings. The lowest BCUT2D eigenvalue weighted by molar-refractivity contribution is 0.199. The first-order chi connectivity index (χ1) is 8.18. The van der Waals surface area contributed by atoms with E-state index in [1.807, 2.05) is 6.07 Å². The second kappa shape index (κ2) is 5.50. The summed E-state index contributed by atoms with van der Waals surface area (Å²) in [6.07, 6.45) is 4.14. The maximum atomic E-state index is 14.0. The number of nitrogens with zero attached hydrogens (tertiary/aromatic N) is 1. The van der Waals surface area contributed by atoms with Crippen molar-refractivity contribution in [3.63, 3.8) is 0 Å². The molecule has 0 aromatic heterocycles. The SMILES string of the molecule is C[C@H](O)c1ccc(N2CCCCCC2)c(F)c1. The third-order valence-corrected chi connectivity index (χ3v) is 3.40. The van der Waals surface area contributed by atoms with Gasteiger partial charge in [-0.25, -0.2) is 4.39 Å². The lowest BCUT2D eigenvalue weighted by Gasteiger charge is -2.23. The zero-order valence-electron chi connectivity index (χ0n) is 10.3. The van der Waals surface area contributed by atoms with Crippen LogP contribution in [0.3, 0.4) is 0 Å². The van der Waals surface area contributed by atoms with Crippen LogP contribution in [0, 0.1) is 5.82 Å². The fraction of sp³-hybridized carbons (Fsp3) is 0.571. The van der Waals surface area contributed by atoms with E-state index in [0.29, 0.717) is 11.3 Å². The molecule has 94 valence electrons. The first-order valence-electron chi connectivity index (χ1n) is 6.41. The first kappa shape index (κ1) is 12.4. The van der Waals surface area contributed by atoms with Crippen LogP contribution in [0.15, 0.2) is 18.2 Å². The Hall–Kier alpha value is -1.09. The highest BCUT2D eigenvalue weighted by Crippen LogP contribution is 2.25. The molecule has 1 aromatic carbocycles. The van der Waals surface area contributed by atoms with Crippen LogP contribution < -0.4 is 4.90 Å². The molecule has 1 fully saturated rings. The maximum absolute atomic E-state index is 14.0. The van der Waals surface area contributed by atoms with E-state index in [-0.39, 0.29) is 5.82 Å². The Morgan fingerprint density at radius 1 is 1.18 bits per heavy atom. The van der Waals surface area contributed by atoms with Gasteiger partial charge in [0.2, 0.25) is 0 Å². The molecule has 0 bridgehead atoms. The molecule has 0 saturated carbocycles. The fourth-order valence-electron chi connectivity index (χ4n) is 2.35. The summed E-state index contributed by atoms with van der Waals surface area (Å²) in [6.45, 7) is 3.52. The van der Waals surface area contributed by atoms with E-state index in [2.05, 4.69) is 4.90 Å². The van der Waals surface area contributed by atoms with Crippen molar-refractivity contribution in [3.8, 4) is 0 Å². The molecule has 1 atom stereocenters. The summed E-state index contributed by atoms with van der Waals surface area (Å²) < 4.78 is 14.0. The summed E-state index contributed by atoms with van der Waals surface area (Å²) in [5.41, 5.74) is 1.32. The highest BCUT2D eigenvalue weighted by molar-refractivity contribution is 5.49. The van der Waals surface area contributed by atoms with Crippen molar-refractivity contribution in [1.29, 1.82) is 0 Å². The predicted octanol–water partition coefficient (Wildman–Crippen LogP) is 3.26. The number of hydrogen-bond acceptors (Lipinski definition) is 2. The van der Waals surface area contributed by atoms with Crippen molar-refractivity contribution >= 4 is 5.69 Å². The number of hydrogen-bond donors (Lipinski definition) is 1. The number of halogens is 1. The smallest absolute Gasteiger partial charge is 0.146 e. The molecule has 1 saturated heterocycles. The van der Waals surface area contributed by atoms with Crippen LogP contribution in [-0.4, -0.2) is 18.2 Å². The maximum Gasteiger partial charge on any atom is 0.146 e. The molecule has 0 unspecified atom stereocenters. The Labute approximate surface area is 102 Å². The topological polar surface area (TPSA) is 23.5 Å². The second-order valence-corrected chi connectivity index (χ2v) is 4.79. The van der Waals surface area contributed by atoms with Gasteiger partial charge in [-0.15, -0.1) is 0 Å². The second-order valence-electron chi connectivity index (χ2n) is 4.79. The Balaban J connectivity index is 2.19. The van der Waals surface area contributed by atoms with E-state index in [0.717, 1.165) is 25.9 Å². The van der Waals surface area contributed by atoms with Gasteiger partial charge in [-0.3, -0.25) is 0 Å². The molecule has 2 nitrogen and oxygen atoms in total. The lowest BCUT2D eigenvalue weighted by Crippen LogP contribution is -2.24. The van der Waals surface area contributed by atoms with Crippen LogP contribution in [0.1, 0.15) is 44.3 Å². The number of aliphatic hydroxyl groups excluding tert-OH is 1. The van der Waals surface area contributed by atoms with Crippen LogP contribution in [0.4, 0.5) is 10.1 Å². The van der Waals surface area contributed by atoms with Gasteiger partial charge in [0.25, 0.3) is 0 Å². The molecule has 0 amide bonds. The van der Waals surface area contributed by atoms with Gasteiger partial charge in [0.1, 0.15) is 5.82 Å². The number of benzene rings is 1. The summed E-state index contributed by atoms with van der Waals surface area (Å²) in [5.74, 6) is -0.217. The van der Waals surface area contributed by atoms with Crippen molar-refractivity contribution in [1.82, 2.24) is 0 Å². The number of rotatable bonds is 2. The molecular weight excluding hydrogens is 217 g/mol. The van der Waals surface area contributed by atoms with Crippen LogP contribution in [0.25, 0.3) is 0 Å². The molecule has 0 aliphatic carbocycles. The highest BCUT2D eigenvalue weighted by Gasteiger charge is 2.14. The summed E-state index contributed by atoms with van der Waals surface area (Å²) >= 11 is 0. The third kappa shape index (κ3) is 2.97. The summed E-state index contributed by atoms with van der Waals surface area (Å²) in [5, 5.41) is 9.41. The van der Waals surface area contributed by atoms with Gasteiger partial charge < -0.3 is 10.0 Å². The van der Waals surface area contributed by atoms with E-state index >= 15 is 0 Å².